The number of nitrogens with one attached hydrogen (secondary N) is 1. The fraction of sp³-hybridized carbons (Fsp3) is 0.310. The molecule has 2 saturated heterocycles. The number of nitrogens with zero attached hydrogens (tertiary/aromatic N) is 5. The molecule has 2 fully saturated rings. The van der Waals surface area contributed by atoms with E-state index in [2.05, 4.69) is 20.3 Å². The van der Waals surface area contributed by atoms with E-state index in [1.165, 1.54) is 22.9 Å². The third-order valence-corrected chi connectivity index (χ3v) is 9.11. The monoisotopic (exact) mass is 613 g/mol. The van der Waals surface area contributed by atoms with Crippen molar-refractivity contribution in [3.05, 3.63) is 83.3 Å². The molecule has 1 atom stereocenters. The highest BCUT2D eigenvalue weighted by Crippen LogP contribution is 2.41. The molecule has 0 amide bonds. The zero-order valence-electron chi connectivity index (χ0n) is 22.7. The summed E-state index contributed by atoms with van der Waals surface area (Å²) in [6, 6.07) is 10.6. The van der Waals surface area contributed by atoms with Crippen molar-refractivity contribution in [2.24, 2.45) is 5.14 Å². The van der Waals surface area contributed by atoms with Crippen LogP contribution >= 0.6 is 11.6 Å². The van der Waals surface area contributed by atoms with Crippen molar-refractivity contribution < 1.29 is 17.2 Å². The topological polar surface area (TPSA) is 109 Å². The van der Waals surface area contributed by atoms with E-state index in [1.54, 1.807) is 36.8 Å². The smallest absolute Gasteiger partial charge is 0.277 e. The third-order valence-electron chi connectivity index (χ3n) is 7.80. The Hall–Kier alpha value is -3.42. The molecular weight excluding hydrogens is 584 g/mol. The van der Waals surface area contributed by atoms with Crippen molar-refractivity contribution in [1.29, 1.82) is 0 Å². The molecule has 4 aromatic rings. The molecule has 4 heterocycles. The van der Waals surface area contributed by atoms with Crippen LogP contribution in [0.3, 0.4) is 0 Å². The zero-order chi connectivity index (χ0) is 29.4. The number of aromatic nitrogens is 3. The van der Waals surface area contributed by atoms with Crippen LogP contribution in [0.15, 0.2) is 61.1 Å². The number of halogens is 3. The Kier molecular flexibility index (Phi) is 7.99. The summed E-state index contributed by atoms with van der Waals surface area (Å²) in [4.78, 5) is 6.21. The summed E-state index contributed by atoms with van der Waals surface area (Å²) >= 11 is 6.49. The van der Waals surface area contributed by atoms with Gasteiger partial charge < -0.3 is 10.2 Å². The number of anilines is 1. The zero-order valence-corrected chi connectivity index (χ0v) is 24.3. The van der Waals surface area contributed by atoms with E-state index in [1.807, 2.05) is 6.07 Å². The molecule has 220 valence electrons. The molecule has 0 aliphatic carbocycles. The van der Waals surface area contributed by atoms with Crippen LogP contribution in [-0.4, -0.2) is 60.2 Å². The van der Waals surface area contributed by atoms with Crippen molar-refractivity contribution in [1.82, 2.24) is 24.4 Å². The van der Waals surface area contributed by atoms with Crippen molar-refractivity contribution in [2.45, 2.75) is 25.3 Å². The Morgan fingerprint density at radius 1 is 0.976 bits per heavy atom. The van der Waals surface area contributed by atoms with E-state index in [4.69, 9.17) is 16.7 Å². The van der Waals surface area contributed by atoms with E-state index < -0.39 is 27.9 Å². The molecule has 3 N–H and O–H groups in total. The minimum atomic E-state index is -4.06. The molecule has 0 radical (unpaired) electrons. The summed E-state index contributed by atoms with van der Waals surface area (Å²) in [7, 11) is -4.06. The molecular formula is C29H30ClF2N7O2S. The van der Waals surface area contributed by atoms with E-state index in [9.17, 15) is 8.42 Å². The Balaban J connectivity index is 1.46. The van der Waals surface area contributed by atoms with Gasteiger partial charge in [-0.25, -0.2) is 18.6 Å². The first kappa shape index (κ1) is 28.7. The lowest BCUT2D eigenvalue weighted by atomic mass is 9.96. The predicted molar refractivity (Wildman–Crippen MR) is 159 cm³/mol. The maximum absolute atomic E-state index is 16.4. The van der Waals surface area contributed by atoms with Gasteiger partial charge in [0.2, 0.25) is 0 Å². The van der Waals surface area contributed by atoms with Crippen LogP contribution in [0.1, 0.15) is 30.9 Å². The van der Waals surface area contributed by atoms with Gasteiger partial charge in [0, 0.05) is 77.7 Å². The van der Waals surface area contributed by atoms with Gasteiger partial charge in [-0.3, -0.25) is 4.98 Å². The first-order chi connectivity index (χ1) is 20.2. The van der Waals surface area contributed by atoms with Gasteiger partial charge in [-0.2, -0.15) is 17.8 Å². The fourth-order valence-electron chi connectivity index (χ4n) is 5.80. The number of hydrogen-bond donors (Lipinski definition) is 2. The highest BCUT2D eigenvalue weighted by Gasteiger charge is 2.36. The minimum absolute atomic E-state index is 0.117. The van der Waals surface area contributed by atoms with Crippen molar-refractivity contribution >= 4 is 27.5 Å². The van der Waals surface area contributed by atoms with E-state index >= 15 is 8.78 Å². The number of nitrogens with two attached hydrogens (primary N) is 1. The van der Waals surface area contributed by atoms with Crippen LogP contribution in [0.25, 0.3) is 28.1 Å². The van der Waals surface area contributed by atoms with Gasteiger partial charge in [0.05, 0.1) is 6.04 Å². The van der Waals surface area contributed by atoms with Crippen LogP contribution in [0.5, 0.6) is 0 Å². The van der Waals surface area contributed by atoms with E-state index in [-0.39, 0.29) is 28.4 Å². The molecule has 0 spiro atoms. The molecule has 0 saturated carbocycles. The third kappa shape index (κ3) is 5.64. The Morgan fingerprint density at radius 2 is 1.79 bits per heavy atom. The molecule has 6 rings (SSSR count). The van der Waals surface area contributed by atoms with Gasteiger partial charge in [0.25, 0.3) is 10.2 Å². The summed E-state index contributed by atoms with van der Waals surface area (Å²) in [5, 5.41) is 13.7. The molecule has 2 aromatic heterocycles. The van der Waals surface area contributed by atoms with Gasteiger partial charge in [0.1, 0.15) is 17.2 Å². The van der Waals surface area contributed by atoms with Crippen LogP contribution in [0.4, 0.5) is 14.5 Å². The summed E-state index contributed by atoms with van der Waals surface area (Å²) in [6.07, 6.45) is 6.64. The molecule has 2 aliphatic heterocycles. The van der Waals surface area contributed by atoms with Gasteiger partial charge >= 0.3 is 0 Å². The van der Waals surface area contributed by atoms with Crippen molar-refractivity contribution in [2.75, 3.05) is 37.6 Å². The van der Waals surface area contributed by atoms with Gasteiger partial charge in [-0.15, -0.1) is 0 Å². The lowest BCUT2D eigenvalue weighted by Crippen LogP contribution is -2.36. The van der Waals surface area contributed by atoms with Crippen LogP contribution < -0.4 is 15.4 Å². The second-order valence-corrected chi connectivity index (χ2v) is 12.4. The molecule has 1 unspecified atom stereocenters. The van der Waals surface area contributed by atoms with E-state index in [0.29, 0.717) is 29.7 Å². The number of pyridine rings is 1. The molecule has 13 heteroatoms. The second-order valence-electron chi connectivity index (χ2n) is 10.5. The summed E-state index contributed by atoms with van der Waals surface area (Å²) in [5.41, 5.74) is 2.62. The van der Waals surface area contributed by atoms with Gasteiger partial charge in [-0.1, -0.05) is 11.6 Å². The lowest BCUT2D eigenvalue weighted by Gasteiger charge is -2.23. The largest absolute Gasteiger partial charge is 0.370 e. The number of rotatable bonds is 6. The Morgan fingerprint density at radius 3 is 2.55 bits per heavy atom. The standard InChI is InChI=1S/C29H30ClF2N7O2S/c30-20-15-22(28(32)23(16-20)26-3-1-13-39(26)42(33,40)41)24-18-38(36-29(24)19-6-9-35-10-7-19)27-5-4-21(17-25(27)31)37-12-2-8-34-11-14-37/h4-7,9-10,15-18,26,34H,1-3,8,11-14H2,(H2,33,40,41). The number of hydrogen-bond acceptors (Lipinski definition) is 6. The Bertz CT molecular complexity index is 1710. The molecule has 0 bridgehead atoms. The molecule has 9 nitrogen and oxygen atoms in total. The quantitative estimate of drug-likeness (QED) is 0.327. The summed E-state index contributed by atoms with van der Waals surface area (Å²) in [6.45, 7) is 3.53. The fourth-order valence-corrected chi connectivity index (χ4v) is 6.99. The first-order valence-electron chi connectivity index (χ1n) is 13.8. The average Bonchev–Trinajstić information content (AvgIpc) is 3.55. The highest BCUT2D eigenvalue weighted by molar-refractivity contribution is 7.86. The maximum Gasteiger partial charge on any atom is 0.277 e. The maximum atomic E-state index is 16.4. The highest BCUT2D eigenvalue weighted by atomic mass is 35.5. The first-order valence-corrected chi connectivity index (χ1v) is 15.6. The average molecular weight is 614 g/mol. The predicted octanol–water partition coefficient (Wildman–Crippen LogP) is 4.67. The lowest BCUT2D eigenvalue weighted by molar-refractivity contribution is 0.387. The van der Waals surface area contributed by atoms with Crippen molar-refractivity contribution in [3.8, 4) is 28.1 Å². The molecule has 42 heavy (non-hydrogen) atoms. The van der Waals surface area contributed by atoms with Crippen LogP contribution in [0.2, 0.25) is 5.02 Å². The SMILES string of the molecule is NS(=O)(=O)N1CCCC1c1cc(Cl)cc(-c2cn(-c3ccc(N4CCCNCC4)cc3F)nc2-c2ccncc2)c1F. The van der Waals surface area contributed by atoms with Crippen LogP contribution in [-0.2, 0) is 10.2 Å². The minimum Gasteiger partial charge on any atom is -0.370 e. The van der Waals surface area contributed by atoms with Crippen molar-refractivity contribution in [3.63, 3.8) is 0 Å². The Labute approximate surface area is 248 Å². The van der Waals surface area contributed by atoms with Crippen LogP contribution in [0, 0.1) is 11.6 Å². The molecule has 2 aliphatic rings. The normalized spacial score (nSPS) is 18.4. The number of benzene rings is 2. The van der Waals surface area contributed by atoms with E-state index in [0.717, 1.165) is 42.6 Å². The van der Waals surface area contributed by atoms with Gasteiger partial charge in [-0.05, 0) is 68.3 Å². The second kappa shape index (κ2) is 11.7. The molecule has 2 aromatic carbocycles. The summed E-state index contributed by atoms with van der Waals surface area (Å²) in [5.74, 6) is -1.11. The van der Waals surface area contributed by atoms with Gasteiger partial charge in [0.15, 0.2) is 5.82 Å². The summed E-state index contributed by atoms with van der Waals surface area (Å²) < 4.78 is 58.9.